The molecule has 2 aromatic carbocycles. The van der Waals surface area contributed by atoms with Gasteiger partial charge in [-0.2, -0.15) is 0 Å². The van der Waals surface area contributed by atoms with Crippen LogP contribution in [0.2, 0.25) is 0 Å². The third-order valence-corrected chi connectivity index (χ3v) is 6.28. The summed E-state index contributed by atoms with van der Waals surface area (Å²) >= 11 is 0. The fourth-order valence-electron chi connectivity index (χ4n) is 4.32. The van der Waals surface area contributed by atoms with Gasteiger partial charge in [0.15, 0.2) is 0 Å². The first-order valence-electron chi connectivity index (χ1n) is 11.3. The molecule has 3 aromatic rings. The van der Waals surface area contributed by atoms with E-state index in [4.69, 9.17) is 0 Å². The van der Waals surface area contributed by atoms with Crippen LogP contribution in [0.15, 0.2) is 60.9 Å². The van der Waals surface area contributed by atoms with Crippen molar-refractivity contribution in [1.82, 2.24) is 14.5 Å². The van der Waals surface area contributed by atoms with Crippen molar-refractivity contribution in [1.29, 1.82) is 0 Å². The second-order valence-electron chi connectivity index (χ2n) is 8.61. The number of likely N-dealkylation sites (tertiary alicyclic amines) is 1. The number of benzene rings is 2. The van der Waals surface area contributed by atoms with Crippen LogP contribution in [0.1, 0.15) is 54.8 Å². The van der Waals surface area contributed by atoms with Gasteiger partial charge in [0.2, 0.25) is 0 Å². The van der Waals surface area contributed by atoms with Gasteiger partial charge < -0.3 is 19.7 Å². The Morgan fingerprint density at radius 2 is 1.66 bits per heavy atom. The Morgan fingerprint density at radius 3 is 2.25 bits per heavy atom. The van der Waals surface area contributed by atoms with Crippen molar-refractivity contribution in [2.24, 2.45) is 0 Å². The second-order valence-corrected chi connectivity index (χ2v) is 8.61. The molecule has 32 heavy (non-hydrogen) atoms. The Hall–Kier alpha value is -2.91. The van der Waals surface area contributed by atoms with E-state index >= 15 is 0 Å². The zero-order valence-corrected chi connectivity index (χ0v) is 18.8. The van der Waals surface area contributed by atoms with Gasteiger partial charge >= 0.3 is 0 Å². The summed E-state index contributed by atoms with van der Waals surface area (Å²) in [7, 11) is 2.20. The predicted molar refractivity (Wildman–Crippen MR) is 127 cm³/mol. The molecule has 0 unspecified atom stereocenters. The number of hydrogen-bond acceptors (Lipinski definition) is 4. The van der Waals surface area contributed by atoms with Gasteiger partial charge in [0.25, 0.3) is 0 Å². The lowest BCUT2D eigenvalue weighted by atomic mass is 9.88. The fraction of sp³-hybridized carbons (Fsp3) is 0.370. The van der Waals surface area contributed by atoms with E-state index in [-0.39, 0.29) is 6.61 Å². The number of aliphatic hydroxyl groups excluding tert-OH is 2. The molecule has 0 amide bonds. The highest BCUT2D eigenvalue weighted by atomic mass is 16.3. The van der Waals surface area contributed by atoms with Crippen molar-refractivity contribution in [3.63, 3.8) is 0 Å². The quantitative estimate of drug-likeness (QED) is 0.602. The Labute approximate surface area is 190 Å². The molecule has 1 aliphatic heterocycles. The largest absolute Gasteiger partial charge is 0.393 e. The zero-order valence-electron chi connectivity index (χ0n) is 18.8. The van der Waals surface area contributed by atoms with Crippen molar-refractivity contribution in [2.45, 2.75) is 37.8 Å². The van der Waals surface area contributed by atoms with E-state index in [1.54, 1.807) is 23.9 Å². The minimum absolute atomic E-state index is 0.148. The molecule has 2 N–H and O–H groups in total. The van der Waals surface area contributed by atoms with Gasteiger partial charge in [-0.1, -0.05) is 48.2 Å². The van der Waals surface area contributed by atoms with Crippen molar-refractivity contribution in [3.05, 3.63) is 77.9 Å². The molecular formula is C27H31N3O2. The average molecular weight is 430 g/mol. The van der Waals surface area contributed by atoms with E-state index in [1.165, 1.54) is 37.1 Å². The second kappa shape index (κ2) is 10.1. The maximum atomic E-state index is 9.85. The van der Waals surface area contributed by atoms with Crippen LogP contribution in [0, 0.1) is 11.8 Å². The Kier molecular flexibility index (Phi) is 7.06. The molecule has 1 saturated heterocycles. The first-order valence-corrected chi connectivity index (χ1v) is 11.3. The Balaban J connectivity index is 1.45. The molecule has 2 heterocycles. The van der Waals surface area contributed by atoms with Crippen LogP contribution < -0.4 is 0 Å². The van der Waals surface area contributed by atoms with Crippen LogP contribution in [0.25, 0.3) is 11.1 Å². The fourth-order valence-corrected chi connectivity index (χ4v) is 4.32. The van der Waals surface area contributed by atoms with Gasteiger partial charge in [-0.15, -0.1) is 0 Å². The first-order chi connectivity index (χ1) is 15.5. The number of rotatable bonds is 5. The highest BCUT2D eigenvalue weighted by Gasteiger charge is 2.18. The van der Waals surface area contributed by atoms with Crippen molar-refractivity contribution in [2.75, 3.05) is 26.7 Å². The predicted octanol–water partition coefficient (Wildman–Crippen LogP) is 4.00. The Morgan fingerprint density at radius 1 is 1.03 bits per heavy atom. The monoisotopic (exact) mass is 429 g/mol. The van der Waals surface area contributed by atoms with Gasteiger partial charge in [-0.3, -0.25) is 0 Å². The molecule has 0 saturated carbocycles. The molecule has 166 valence electrons. The summed E-state index contributed by atoms with van der Waals surface area (Å²) in [4.78, 5) is 6.56. The highest BCUT2D eigenvalue weighted by molar-refractivity contribution is 5.64. The topological polar surface area (TPSA) is 61.5 Å². The van der Waals surface area contributed by atoms with Crippen LogP contribution in [0.5, 0.6) is 0 Å². The third kappa shape index (κ3) is 5.11. The SMILES string of the molecule is C[C@H](O)c1nccn1[C@@H](C#Cc1ccc(-c2ccc(C3CCN(C)CC3)cc2)cc1)CO. The van der Waals surface area contributed by atoms with Gasteiger partial charge in [0, 0.05) is 18.0 Å². The van der Waals surface area contributed by atoms with Gasteiger partial charge in [-0.25, -0.2) is 4.98 Å². The standard InChI is InChI=1S/C27H31N3O2/c1-20(32)27-28-15-18-30(27)26(19-31)12-5-21-3-6-22(7-4-21)23-8-10-24(11-9-23)25-13-16-29(2)17-14-25/h3-4,6-11,15,18,20,25-26,31-32H,13-14,16-17,19H2,1-2H3/t20-,26-/m0/s1. The van der Waals surface area contributed by atoms with E-state index < -0.39 is 12.1 Å². The van der Waals surface area contributed by atoms with E-state index in [2.05, 4.69) is 65.2 Å². The lowest BCUT2D eigenvalue weighted by Crippen LogP contribution is -2.29. The van der Waals surface area contributed by atoms with Gasteiger partial charge in [0.1, 0.15) is 18.0 Å². The molecular weight excluding hydrogens is 398 g/mol. The first kappa shape index (κ1) is 22.3. The number of hydrogen-bond donors (Lipinski definition) is 2. The van der Waals surface area contributed by atoms with E-state index in [0.29, 0.717) is 11.7 Å². The molecule has 5 heteroatoms. The maximum absolute atomic E-state index is 9.85. The summed E-state index contributed by atoms with van der Waals surface area (Å²) in [5, 5.41) is 19.6. The smallest absolute Gasteiger partial charge is 0.138 e. The van der Waals surface area contributed by atoms with Crippen LogP contribution in [0.3, 0.4) is 0 Å². The summed E-state index contributed by atoms with van der Waals surface area (Å²) < 4.78 is 1.72. The van der Waals surface area contributed by atoms with Gasteiger partial charge in [-0.05, 0) is 74.6 Å². The number of piperidine rings is 1. The van der Waals surface area contributed by atoms with Crippen LogP contribution in [-0.2, 0) is 0 Å². The average Bonchev–Trinajstić information content (AvgIpc) is 3.31. The molecule has 0 radical (unpaired) electrons. The molecule has 2 atom stereocenters. The van der Waals surface area contributed by atoms with Crippen molar-refractivity contribution >= 4 is 0 Å². The van der Waals surface area contributed by atoms with Crippen molar-refractivity contribution in [3.8, 4) is 23.0 Å². The normalized spacial score (nSPS) is 16.9. The summed E-state index contributed by atoms with van der Waals surface area (Å²) in [5.41, 5.74) is 4.69. The minimum Gasteiger partial charge on any atom is -0.393 e. The summed E-state index contributed by atoms with van der Waals surface area (Å²) in [6.45, 7) is 3.85. The van der Waals surface area contributed by atoms with Crippen LogP contribution in [-0.4, -0.2) is 51.4 Å². The van der Waals surface area contributed by atoms with Gasteiger partial charge in [0.05, 0.1) is 6.61 Å². The lowest BCUT2D eigenvalue weighted by molar-refractivity contribution is 0.176. The van der Waals surface area contributed by atoms with E-state index in [0.717, 1.165) is 11.1 Å². The molecule has 5 nitrogen and oxygen atoms in total. The third-order valence-electron chi connectivity index (χ3n) is 6.28. The van der Waals surface area contributed by atoms with Crippen LogP contribution >= 0.6 is 0 Å². The molecule has 4 rings (SSSR count). The summed E-state index contributed by atoms with van der Waals surface area (Å²) in [6.07, 6.45) is 5.09. The molecule has 0 spiro atoms. The number of imidazole rings is 1. The highest BCUT2D eigenvalue weighted by Crippen LogP contribution is 2.29. The summed E-state index contributed by atoms with van der Waals surface area (Å²) in [5.74, 6) is 7.40. The molecule has 1 aromatic heterocycles. The minimum atomic E-state index is -0.717. The zero-order chi connectivity index (χ0) is 22.5. The van der Waals surface area contributed by atoms with E-state index in [9.17, 15) is 10.2 Å². The number of aliphatic hydroxyl groups is 2. The molecule has 1 aliphatic rings. The number of aromatic nitrogens is 2. The van der Waals surface area contributed by atoms with E-state index in [1.807, 2.05) is 12.1 Å². The number of nitrogens with zero attached hydrogens (tertiary/aromatic N) is 3. The molecule has 1 fully saturated rings. The van der Waals surface area contributed by atoms with Crippen molar-refractivity contribution < 1.29 is 10.2 Å². The maximum Gasteiger partial charge on any atom is 0.138 e. The molecule has 0 aliphatic carbocycles. The van der Waals surface area contributed by atoms with Crippen LogP contribution in [0.4, 0.5) is 0 Å². The summed E-state index contributed by atoms with van der Waals surface area (Å²) in [6, 6.07) is 16.7. The molecule has 0 bridgehead atoms. The Bertz CT molecular complexity index is 1070. The lowest BCUT2D eigenvalue weighted by Gasteiger charge is -2.29.